The molecule has 1 atom stereocenters. The van der Waals surface area contributed by atoms with Crippen molar-refractivity contribution in [1.29, 1.82) is 0 Å². The molecule has 0 radical (unpaired) electrons. The maximum Gasteiger partial charge on any atom is 0.224 e. The van der Waals surface area contributed by atoms with Gasteiger partial charge >= 0.3 is 0 Å². The van der Waals surface area contributed by atoms with Crippen molar-refractivity contribution in [2.24, 2.45) is 11.8 Å². The number of benzene rings is 1. The highest BCUT2D eigenvalue weighted by Gasteiger charge is 2.22. The topological polar surface area (TPSA) is 50.4 Å². The molecule has 4 nitrogen and oxygen atoms in total. The van der Waals surface area contributed by atoms with E-state index in [1.807, 2.05) is 24.3 Å². The molecule has 1 saturated carbocycles. The molecule has 2 fully saturated rings. The molecule has 140 valence electrons. The molecular formula is C20H31ClN2O2. The van der Waals surface area contributed by atoms with Crippen molar-refractivity contribution in [2.45, 2.75) is 58.0 Å². The number of anilines is 1. The molecular weight excluding hydrogens is 336 g/mol. The molecule has 1 aromatic rings. The summed E-state index contributed by atoms with van der Waals surface area (Å²) in [4.78, 5) is 12.3. The maximum absolute atomic E-state index is 12.3. The Hall–Kier alpha value is -1.26. The first-order valence-electron chi connectivity index (χ1n) is 9.48. The van der Waals surface area contributed by atoms with Crippen LogP contribution in [0.3, 0.4) is 0 Å². The Kier molecular flexibility index (Phi) is 8.04. The number of carbonyl (C=O) groups excluding carboxylic acids is 1. The van der Waals surface area contributed by atoms with E-state index in [0.29, 0.717) is 24.4 Å². The molecule has 3 rings (SSSR count). The Labute approximate surface area is 157 Å². The van der Waals surface area contributed by atoms with Gasteiger partial charge in [-0.2, -0.15) is 0 Å². The van der Waals surface area contributed by atoms with Gasteiger partial charge in [-0.3, -0.25) is 4.79 Å². The standard InChI is InChI=1S/C20H30N2O2.ClH/c1-15(16-10-12-21-13-11-16)14-20(23)22-17-6-8-19(9-7-17)24-18-4-2-3-5-18;/h6-9,15-16,18,21H,2-5,10-14H2,1H3,(H,22,23);1H. The Morgan fingerprint density at radius 1 is 1.16 bits per heavy atom. The first-order chi connectivity index (χ1) is 11.7. The molecule has 0 aromatic heterocycles. The van der Waals surface area contributed by atoms with E-state index < -0.39 is 0 Å². The minimum Gasteiger partial charge on any atom is -0.490 e. The Morgan fingerprint density at radius 2 is 1.80 bits per heavy atom. The number of halogens is 1. The number of nitrogens with one attached hydrogen (secondary N) is 2. The molecule has 1 aromatic carbocycles. The van der Waals surface area contributed by atoms with E-state index in [1.165, 1.54) is 25.7 Å². The van der Waals surface area contributed by atoms with Crippen LogP contribution in [0, 0.1) is 11.8 Å². The largest absolute Gasteiger partial charge is 0.490 e. The lowest BCUT2D eigenvalue weighted by molar-refractivity contribution is -0.117. The van der Waals surface area contributed by atoms with Gasteiger partial charge in [0.05, 0.1) is 6.10 Å². The molecule has 1 aliphatic heterocycles. The Bertz CT molecular complexity index is 523. The van der Waals surface area contributed by atoms with E-state index >= 15 is 0 Å². The van der Waals surface area contributed by atoms with Gasteiger partial charge in [0.2, 0.25) is 5.91 Å². The van der Waals surface area contributed by atoms with Gasteiger partial charge in [-0.1, -0.05) is 6.92 Å². The summed E-state index contributed by atoms with van der Waals surface area (Å²) in [5, 5.41) is 6.40. The molecule has 1 unspecified atom stereocenters. The van der Waals surface area contributed by atoms with Crippen LogP contribution in [0.25, 0.3) is 0 Å². The van der Waals surface area contributed by atoms with Crippen LogP contribution >= 0.6 is 12.4 Å². The zero-order valence-electron chi connectivity index (χ0n) is 15.1. The van der Waals surface area contributed by atoms with Gasteiger partial charge in [0.15, 0.2) is 0 Å². The highest BCUT2D eigenvalue weighted by atomic mass is 35.5. The minimum absolute atomic E-state index is 0. The number of amides is 1. The molecule has 1 heterocycles. The summed E-state index contributed by atoms with van der Waals surface area (Å²) in [6, 6.07) is 7.81. The quantitative estimate of drug-likeness (QED) is 0.784. The van der Waals surface area contributed by atoms with Crippen molar-refractivity contribution in [3.8, 4) is 5.75 Å². The second-order valence-corrected chi connectivity index (χ2v) is 7.37. The maximum atomic E-state index is 12.3. The van der Waals surface area contributed by atoms with Gasteiger partial charge in [-0.05, 0) is 87.7 Å². The smallest absolute Gasteiger partial charge is 0.224 e. The summed E-state index contributed by atoms with van der Waals surface area (Å²) >= 11 is 0. The summed E-state index contributed by atoms with van der Waals surface area (Å²) < 4.78 is 5.96. The van der Waals surface area contributed by atoms with Gasteiger partial charge in [0.25, 0.3) is 0 Å². The molecule has 1 aliphatic carbocycles. The van der Waals surface area contributed by atoms with Crippen LogP contribution in [-0.2, 0) is 4.79 Å². The van der Waals surface area contributed by atoms with Crippen molar-refractivity contribution in [3.63, 3.8) is 0 Å². The predicted octanol–water partition coefficient (Wildman–Crippen LogP) is 4.39. The van der Waals surface area contributed by atoms with Gasteiger partial charge in [0.1, 0.15) is 5.75 Å². The molecule has 0 bridgehead atoms. The number of hydrogen-bond acceptors (Lipinski definition) is 3. The fraction of sp³-hybridized carbons (Fsp3) is 0.650. The van der Waals surface area contributed by atoms with E-state index in [2.05, 4.69) is 17.6 Å². The Balaban J connectivity index is 0.00000225. The van der Waals surface area contributed by atoms with Crippen LogP contribution in [-0.4, -0.2) is 25.1 Å². The van der Waals surface area contributed by atoms with Gasteiger partial charge in [-0.15, -0.1) is 12.4 Å². The number of hydrogen-bond donors (Lipinski definition) is 2. The molecule has 25 heavy (non-hydrogen) atoms. The highest BCUT2D eigenvalue weighted by molar-refractivity contribution is 5.90. The molecule has 1 saturated heterocycles. The lowest BCUT2D eigenvalue weighted by atomic mass is 9.84. The number of ether oxygens (including phenoxy) is 1. The summed E-state index contributed by atoms with van der Waals surface area (Å²) in [5.41, 5.74) is 0.858. The summed E-state index contributed by atoms with van der Waals surface area (Å²) in [6.45, 7) is 4.37. The molecule has 2 aliphatic rings. The average molecular weight is 367 g/mol. The zero-order valence-corrected chi connectivity index (χ0v) is 15.9. The minimum atomic E-state index is 0. The third-order valence-electron chi connectivity index (χ3n) is 5.44. The lowest BCUT2D eigenvalue weighted by Crippen LogP contribution is -2.32. The van der Waals surface area contributed by atoms with E-state index in [9.17, 15) is 4.79 Å². The van der Waals surface area contributed by atoms with Crippen molar-refractivity contribution in [2.75, 3.05) is 18.4 Å². The second kappa shape index (κ2) is 10.0. The molecule has 5 heteroatoms. The van der Waals surface area contributed by atoms with E-state index in [-0.39, 0.29) is 18.3 Å². The van der Waals surface area contributed by atoms with Crippen molar-refractivity contribution >= 4 is 24.0 Å². The summed E-state index contributed by atoms with van der Waals surface area (Å²) in [6.07, 6.45) is 8.20. The Morgan fingerprint density at radius 3 is 2.44 bits per heavy atom. The number of piperidine rings is 1. The van der Waals surface area contributed by atoms with Crippen LogP contribution in [0.15, 0.2) is 24.3 Å². The SMILES string of the molecule is CC(CC(=O)Nc1ccc(OC2CCCC2)cc1)C1CCNCC1.Cl. The summed E-state index contributed by atoms with van der Waals surface area (Å²) in [5.74, 6) is 2.13. The average Bonchev–Trinajstić information content (AvgIpc) is 3.10. The molecule has 1 amide bonds. The van der Waals surface area contributed by atoms with Gasteiger partial charge in [0, 0.05) is 12.1 Å². The predicted molar refractivity (Wildman–Crippen MR) is 105 cm³/mol. The summed E-state index contributed by atoms with van der Waals surface area (Å²) in [7, 11) is 0. The fourth-order valence-electron chi connectivity index (χ4n) is 3.90. The molecule has 0 spiro atoms. The third-order valence-corrected chi connectivity index (χ3v) is 5.44. The molecule has 2 N–H and O–H groups in total. The normalized spacial score (nSPS) is 19.9. The lowest BCUT2D eigenvalue weighted by Gasteiger charge is -2.27. The number of carbonyl (C=O) groups is 1. The van der Waals surface area contributed by atoms with E-state index in [4.69, 9.17) is 4.74 Å². The van der Waals surface area contributed by atoms with Gasteiger partial charge in [-0.25, -0.2) is 0 Å². The fourth-order valence-corrected chi connectivity index (χ4v) is 3.90. The van der Waals surface area contributed by atoms with Crippen LogP contribution in [0.4, 0.5) is 5.69 Å². The highest BCUT2D eigenvalue weighted by Crippen LogP contribution is 2.26. The first-order valence-corrected chi connectivity index (χ1v) is 9.48. The first kappa shape index (κ1) is 20.1. The van der Waals surface area contributed by atoms with Crippen LogP contribution in [0.1, 0.15) is 51.9 Å². The van der Waals surface area contributed by atoms with Crippen LogP contribution in [0.5, 0.6) is 5.75 Å². The van der Waals surface area contributed by atoms with Crippen molar-refractivity contribution < 1.29 is 9.53 Å². The van der Waals surface area contributed by atoms with E-state index in [0.717, 1.165) is 37.4 Å². The number of rotatable bonds is 6. The van der Waals surface area contributed by atoms with Crippen molar-refractivity contribution in [1.82, 2.24) is 5.32 Å². The van der Waals surface area contributed by atoms with Crippen molar-refractivity contribution in [3.05, 3.63) is 24.3 Å². The van der Waals surface area contributed by atoms with Crippen LogP contribution < -0.4 is 15.4 Å². The third kappa shape index (κ3) is 6.19. The van der Waals surface area contributed by atoms with Crippen LogP contribution in [0.2, 0.25) is 0 Å². The van der Waals surface area contributed by atoms with E-state index in [1.54, 1.807) is 0 Å². The van der Waals surface area contributed by atoms with Gasteiger partial charge < -0.3 is 15.4 Å². The monoisotopic (exact) mass is 366 g/mol. The zero-order chi connectivity index (χ0) is 16.8. The second-order valence-electron chi connectivity index (χ2n) is 7.37.